The van der Waals surface area contributed by atoms with Gasteiger partial charge in [-0.05, 0) is 103 Å². The smallest absolute Gasteiger partial charge is 0.0540 e. The van der Waals surface area contributed by atoms with Gasteiger partial charge in [0.15, 0.2) is 0 Å². The molecule has 0 heterocycles. The van der Waals surface area contributed by atoms with E-state index in [-0.39, 0.29) is 0 Å². The van der Waals surface area contributed by atoms with Gasteiger partial charge in [0.25, 0.3) is 0 Å². The summed E-state index contributed by atoms with van der Waals surface area (Å²) in [4.78, 5) is 4.76. The fourth-order valence-corrected chi connectivity index (χ4v) is 6.94. The maximum Gasteiger partial charge on any atom is 0.0540 e. The van der Waals surface area contributed by atoms with Crippen molar-refractivity contribution in [2.24, 2.45) is 5.92 Å². The third-order valence-electron chi connectivity index (χ3n) is 9.51. The molecule has 6 aromatic rings. The lowest BCUT2D eigenvalue weighted by Gasteiger charge is -2.32. The molecule has 232 valence electrons. The van der Waals surface area contributed by atoms with E-state index >= 15 is 0 Å². The standard InChI is InChI=1S/C46H38N2/c1-33-17-25-39(26-18-33)47(45-15-7-11-37-9-3-5-13-43(37)45)41-29-21-35(22-30-41)36-23-31-42(32-24-36)48(40-27-19-34(2)20-28-40)46-16-8-12-38-10-4-6-14-44(38)46/h3-11,13-32,38H,12H2,1-2H3. The average Bonchev–Trinajstić information content (AvgIpc) is 3.14. The predicted molar refractivity (Wildman–Crippen MR) is 205 cm³/mol. The lowest BCUT2D eigenvalue weighted by atomic mass is 9.86. The minimum atomic E-state index is 0.411. The Morgan fingerprint density at radius 2 is 1.04 bits per heavy atom. The van der Waals surface area contributed by atoms with Gasteiger partial charge in [-0.25, -0.2) is 0 Å². The van der Waals surface area contributed by atoms with Crippen LogP contribution in [0.5, 0.6) is 0 Å². The third-order valence-corrected chi connectivity index (χ3v) is 9.51. The lowest BCUT2D eigenvalue weighted by molar-refractivity contribution is 0.763. The van der Waals surface area contributed by atoms with Crippen LogP contribution in [-0.2, 0) is 0 Å². The summed E-state index contributed by atoms with van der Waals surface area (Å²) in [5.41, 5.74) is 13.2. The summed E-state index contributed by atoms with van der Waals surface area (Å²) < 4.78 is 0. The highest BCUT2D eigenvalue weighted by Gasteiger charge is 2.23. The van der Waals surface area contributed by atoms with E-state index in [9.17, 15) is 0 Å². The first-order chi connectivity index (χ1) is 23.6. The van der Waals surface area contributed by atoms with Crippen molar-refractivity contribution in [1.29, 1.82) is 0 Å². The Hall–Kier alpha value is -5.86. The Morgan fingerprint density at radius 1 is 0.500 bits per heavy atom. The summed E-state index contributed by atoms with van der Waals surface area (Å²) in [7, 11) is 0. The molecule has 2 nitrogen and oxygen atoms in total. The molecule has 0 radical (unpaired) electrons. The second-order valence-corrected chi connectivity index (χ2v) is 12.8. The molecule has 0 N–H and O–H groups in total. The number of fused-ring (bicyclic) bond motifs is 2. The first-order valence-corrected chi connectivity index (χ1v) is 16.8. The normalized spacial score (nSPS) is 15.1. The zero-order chi connectivity index (χ0) is 32.5. The monoisotopic (exact) mass is 618 g/mol. The van der Waals surface area contributed by atoms with Gasteiger partial charge < -0.3 is 9.80 Å². The molecule has 0 spiro atoms. The van der Waals surface area contributed by atoms with Crippen molar-refractivity contribution in [2.75, 3.05) is 9.80 Å². The van der Waals surface area contributed by atoms with Crippen LogP contribution in [0.3, 0.4) is 0 Å². The Balaban J connectivity index is 1.15. The van der Waals surface area contributed by atoms with Crippen LogP contribution in [0.1, 0.15) is 17.5 Å². The van der Waals surface area contributed by atoms with Crippen molar-refractivity contribution in [3.8, 4) is 11.1 Å². The first kappa shape index (κ1) is 29.5. The molecule has 0 amide bonds. The molecule has 6 aromatic carbocycles. The largest absolute Gasteiger partial charge is 0.310 e. The fraction of sp³-hybridized carbons (Fsp3) is 0.0870. The van der Waals surface area contributed by atoms with Crippen LogP contribution >= 0.6 is 0 Å². The minimum Gasteiger partial charge on any atom is -0.310 e. The number of hydrogen-bond acceptors (Lipinski definition) is 2. The van der Waals surface area contributed by atoms with E-state index in [4.69, 9.17) is 0 Å². The molecule has 0 aliphatic heterocycles. The highest BCUT2D eigenvalue weighted by Crippen LogP contribution is 2.41. The number of benzene rings is 6. The summed E-state index contributed by atoms with van der Waals surface area (Å²) in [6.45, 7) is 4.28. The molecule has 0 fully saturated rings. The van der Waals surface area contributed by atoms with Gasteiger partial charge in [-0.15, -0.1) is 0 Å². The third kappa shape index (κ3) is 5.67. The van der Waals surface area contributed by atoms with E-state index in [2.05, 4.69) is 200 Å². The van der Waals surface area contributed by atoms with Gasteiger partial charge in [0.1, 0.15) is 0 Å². The Labute approximate surface area is 283 Å². The summed E-state index contributed by atoms with van der Waals surface area (Å²) in [6, 6.07) is 50.8. The molecule has 0 saturated carbocycles. The topological polar surface area (TPSA) is 6.48 Å². The van der Waals surface area contributed by atoms with Crippen LogP contribution in [0.4, 0.5) is 28.4 Å². The molecular formula is C46H38N2. The number of hydrogen-bond donors (Lipinski definition) is 0. The van der Waals surface area contributed by atoms with Crippen molar-refractivity contribution in [2.45, 2.75) is 20.3 Å². The predicted octanol–water partition coefficient (Wildman–Crippen LogP) is 12.7. The van der Waals surface area contributed by atoms with Gasteiger partial charge in [0.05, 0.1) is 5.69 Å². The van der Waals surface area contributed by atoms with Crippen LogP contribution in [0.25, 0.3) is 21.9 Å². The van der Waals surface area contributed by atoms with Crippen LogP contribution in [0, 0.1) is 19.8 Å². The van der Waals surface area contributed by atoms with Gasteiger partial charge in [-0.3, -0.25) is 0 Å². The maximum atomic E-state index is 2.40. The molecule has 0 aromatic heterocycles. The van der Waals surface area contributed by atoms with Crippen molar-refractivity contribution in [3.63, 3.8) is 0 Å². The molecular weight excluding hydrogens is 581 g/mol. The van der Waals surface area contributed by atoms with Crippen LogP contribution in [0.15, 0.2) is 187 Å². The number of allylic oxidation sites excluding steroid dienone is 7. The summed E-state index contributed by atoms with van der Waals surface area (Å²) in [6.07, 6.45) is 14.6. The minimum absolute atomic E-state index is 0.411. The molecule has 1 atom stereocenters. The highest BCUT2D eigenvalue weighted by atomic mass is 15.2. The molecule has 0 saturated heterocycles. The van der Waals surface area contributed by atoms with Crippen molar-refractivity contribution in [3.05, 3.63) is 198 Å². The first-order valence-electron chi connectivity index (χ1n) is 16.8. The Morgan fingerprint density at radius 3 is 1.67 bits per heavy atom. The van der Waals surface area contributed by atoms with Crippen LogP contribution < -0.4 is 9.80 Å². The zero-order valence-electron chi connectivity index (χ0n) is 27.4. The van der Waals surface area contributed by atoms with Crippen LogP contribution in [-0.4, -0.2) is 0 Å². The average molecular weight is 619 g/mol. The second-order valence-electron chi connectivity index (χ2n) is 12.8. The fourth-order valence-electron chi connectivity index (χ4n) is 6.94. The van der Waals surface area contributed by atoms with E-state index in [0.29, 0.717) is 5.92 Å². The van der Waals surface area contributed by atoms with E-state index in [0.717, 1.165) is 29.2 Å². The molecule has 1 unspecified atom stereocenters. The lowest BCUT2D eigenvalue weighted by Crippen LogP contribution is -2.21. The van der Waals surface area contributed by atoms with Crippen LogP contribution in [0.2, 0.25) is 0 Å². The van der Waals surface area contributed by atoms with E-state index in [1.165, 1.54) is 50.0 Å². The quantitative estimate of drug-likeness (QED) is 0.176. The molecule has 48 heavy (non-hydrogen) atoms. The number of aryl methyl sites for hydroxylation is 2. The van der Waals surface area contributed by atoms with Gasteiger partial charge in [-0.1, -0.05) is 126 Å². The number of anilines is 5. The van der Waals surface area contributed by atoms with E-state index in [1.807, 2.05) is 0 Å². The van der Waals surface area contributed by atoms with Crippen molar-refractivity contribution < 1.29 is 0 Å². The summed E-state index contributed by atoms with van der Waals surface area (Å²) in [5, 5.41) is 2.46. The van der Waals surface area contributed by atoms with Crippen molar-refractivity contribution >= 4 is 39.2 Å². The Bertz CT molecular complexity index is 2190. The zero-order valence-corrected chi connectivity index (χ0v) is 27.4. The second kappa shape index (κ2) is 12.7. The number of rotatable bonds is 7. The highest BCUT2D eigenvalue weighted by molar-refractivity contribution is 5.99. The number of nitrogens with zero attached hydrogens (tertiary/aromatic N) is 2. The van der Waals surface area contributed by atoms with Gasteiger partial charge in [0, 0.05) is 39.8 Å². The van der Waals surface area contributed by atoms with Gasteiger partial charge >= 0.3 is 0 Å². The van der Waals surface area contributed by atoms with Gasteiger partial charge in [0.2, 0.25) is 0 Å². The molecule has 2 aliphatic rings. The molecule has 2 heteroatoms. The SMILES string of the molecule is Cc1ccc(N(C2=C3C=CC=CC3CC=C2)c2ccc(-c3ccc(N(c4ccc(C)cc4)c4cccc5ccccc45)cc3)cc2)cc1. The molecule has 8 rings (SSSR count). The maximum absolute atomic E-state index is 2.40. The molecule has 0 bridgehead atoms. The Kier molecular flexibility index (Phi) is 7.84. The summed E-state index contributed by atoms with van der Waals surface area (Å²) in [5.74, 6) is 0.411. The van der Waals surface area contributed by atoms with E-state index in [1.54, 1.807) is 0 Å². The summed E-state index contributed by atoms with van der Waals surface area (Å²) >= 11 is 0. The molecule has 2 aliphatic carbocycles. The van der Waals surface area contributed by atoms with Crippen molar-refractivity contribution in [1.82, 2.24) is 0 Å². The van der Waals surface area contributed by atoms with Gasteiger partial charge in [-0.2, -0.15) is 0 Å². The van der Waals surface area contributed by atoms with E-state index < -0.39 is 0 Å².